The van der Waals surface area contributed by atoms with Gasteiger partial charge in [0.25, 0.3) is 0 Å². The highest BCUT2D eigenvalue weighted by atomic mass is 16.6. The summed E-state index contributed by atoms with van der Waals surface area (Å²) in [7, 11) is 0. The summed E-state index contributed by atoms with van der Waals surface area (Å²) >= 11 is 0. The molecule has 0 aromatic carbocycles. The quantitative estimate of drug-likeness (QED) is 0.578. The van der Waals surface area contributed by atoms with Gasteiger partial charge in [-0.25, -0.2) is 0 Å². The molecule has 1 aliphatic heterocycles. The number of aliphatic hydroxyl groups excluding tert-OH is 2. The molecule has 4 nitrogen and oxygen atoms in total. The minimum Gasteiger partial charge on any atom is -0.462 e. The summed E-state index contributed by atoms with van der Waals surface area (Å²) in [6.07, 6.45) is 6.76. The van der Waals surface area contributed by atoms with Crippen LogP contribution in [0.1, 0.15) is 46.0 Å². The van der Waals surface area contributed by atoms with E-state index in [1.807, 2.05) is 13.0 Å². The molecular formula is C16H26O4. The van der Waals surface area contributed by atoms with E-state index in [1.54, 1.807) is 6.08 Å². The Morgan fingerprint density at radius 2 is 2.25 bits per heavy atom. The van der Waals surface area contributed by atoms with Crippen molar-refractivity contribution < 1.29 is 19.7 Å². The molecule has 1 aliphatic carbocycles. The van der Waals surface area contributed by atoms with Crippen molar-refractivity contribution in [3.8, 4) is 0 Å². The summed E-state index contributed by atoms with van der Waals surface area (Å²) in [6, 6.07) is 0. The first kappa shape index (κ1) is 15.5. The molecule has 1 saturated heterocycles. The molecule has 2 aliphatic rings. The number of hydrogen-bond donors (Lipinski definition) is 2. The lowest BCUT2D eigenvalue weighted by Crippen LogP contribution is -2.20. The lowest BCUT2D eigenvalue weighted by atomic mass is 9.90. The van der Waals surface area contributed by atoms with Gasteiger partial charge in [-0.1, -0.05) is 38.8 Å². The minimum atomic E-state index is -0.481. The van der Waals surface area contributed by atoms with Crippen LogP contribution in [-0.2, 0) is 9.53 Å². The van der Waals surface area contributed by atoms with Gasteiger partial charge in [0.2, 0.25) is 0 Å². The van der Waals surface area contributed by atoms with E-state index in [4.69, 9.17) is 4.74 Å². The minimum absolute atomic E-state index is 0.0699. The van der Waals surface area contributed by atoms with Crippen LogP contribution in [-0.4, -0.2) is 34.5 Å². The number of carbonyl (C=O) groups excluding carboxylic acids is 1. The van der Waals surface area contributed by atoms with Crippen molar-refractivity contribution in [2.45, 2.75) is 64.3 Å². The Hall–Kier alpha value is -0.870. The molecule has 0 amide bonds. The molecule has 2 rings (SSSR count). The molecule has 1 saturated carbocycles. The smallest absolute Gasteiger partial charge is 0.306 e. The molecule has 0 aromatic heterocycles. The Labute approximate surface area is 120 Å². The van der Waals surface area contributed by atoms with E-state index < -0.39 is 12.2 Å². The van der Waals surface area contributed by atoms with Gasteiger partial charge in [-0.3, -0.25) is 4.79 Å². The standard InChI is InChI=1S/C16H26O4/c1-3-4-5-10(2)13(17)7-6-11-12-8-16(19)20-15(12)9-14(11)18/h6-7,10-15,17-18H,3-5,8-9H2,1-2H3/t10?,11-,12-,13-,14-,15+/m1/s1. The second kappa shape index (κ2) is 6.72. The monoisotopic (exact) mass is 282 g/mol. The molecule has 114 valence electrons. The first-order chi connectivity index (χ1) is 9.52. The molecule has 0 bridgehead atoms. The van der Waals surface area contributed by atoms with E-state index in [0.29, 0.717) is 12.8 Å². The molecule has 2 fully saturated rings. The van der Waals surface area contributed by atoms with Crippen molar-refractivity contribution in [1.29, 1.82) is 0 Å². The zero-order valence-electron chi connectivity index (χ0n) is 12.4. The second-order valence-corrected chi connectivity index (χ2v) is 6.27. The number of carbonyl (C=O) groups is 1. The number of fused-ring (bicyclic) bond motifs is 1. The van der Waals surface area contributed by atoms with E-state index in [9.17, 15) is 15.0 Å². The van der Waals surface area contributed by atoms with Crippen LogP contribution >= 0.6 is 0 Å². The number of ether oxygens (including phenoxy) is 1. The predicted octanol–water partition coefficient (Wildman–Crippen LogP) is 2.04. The van der Waals surface area contributed by atoms with Gasteiger partial charge < -0.3 is 14.9 Å². The Morgan fingerprint density at radius 3 is 2.95 bits per heavy atom. The van der Waals surface area contributed by atoms with Gasteiger partial charge in [0, 0.05) is 18.3 Å². The van der Waals surface area contributed by atoms with Gasteiger partial charge in [-0.2, -0.15) is 0 Å². The summed E-state index contributed by atoms with van der Waals surface area (Å²) < 4.78 is 5.20. The number of aliphatic hydroxyl groups is 2. The van der Waals surface area contributed by atoms with Gasteiger partial charge in [-0.15, -0.1) is 0 Å². The lowest BCUT2D eigenvalue weighted by molar-refractivity contribution is -0.141. The van der Waals surface area contributed by atoms with E-state index >= 15 is 0 Å². The molecule has 0 radical (unpaired) electrons. The SMILES string of the molecule is CCCCC(C)[C@H](O)C=C[C@@H]1[C@H]2CC(=O)O[C@H]2C[C@H]1O. The van der Waals surface area contributed by atoms with Gasteiger partial charge in [0.1, 0.15) is 6.10 Å². The van der Waals surface area contributed by atoms with E-state index in [1.165, 1.54) is 0 Å². The molecule has 20 heavy (non-hydrogen) atoms. The molecule has 0 aromatic rings. The molecule has 0 spiro atoms. The maximum atomic E-state index is 11.3. The average molecular weight is 282 g/mol. The molecular weight excluding hydrogens is 256 g/mol. The first-order valence-electron chi connectivity index (χ1n) is 7.76. The topological polar surface area (TPSA) is 66.8 Å². The van der Waals surface area contributed by atoms with Crippen LogP contribution in [0.3, 0.4) is 0 Å². The van der Waals surface area contributed by atoms with Crippen LogP contribution in [0, 0.1) is 17.8 Å². The number of hydrogen-bond acceptors (Lipinski definition) is 4. The van der Waals surface area contributed by atoms with Crippen LogP contribution in [0.5, 0.6) is 0 Å². The van der Waals surface area contributed by atoms with Gasteiger partial charge >= 0.3 is 5.97 Å². The fourth-order valence-electron chi connectivity index (χ4n) is 3.32. The molecule has 2 N–H and O–H groups in total. The average Bonchev–Trinajstić information content (AvgIpc) is 2.88. The van der Waals surface area contributed by atoms with Crippen molar-refractivity contribution in [2.75, 3.05) is 0 Å². The van der Waals surface area contributed by atoms with Crippen LogP contribution < -0.4 is 0 Å². The zero-order valence-corrected chi connectivity index (χ0v) is 12.4. The summed E-state index contributed by atoms with van der Waals surface area (Å²) in [5, 5.41) is 20.2. The molecule has 6 atom stereocenters. The maximum absolute atomic E-state index is 11.3. The Balaban J connectivity index is 1.91. The summed E-state index contributed by atoms with van der Waals surface area (Å²) in [5.74, 6) is 0.0653. The third-order valence-electron chi connectivity index (χ3n) is 4.70. The maximum Gasteiger partial charge on any atom is 0.306 e. The van der Waals surface area contributed by atoms with E-state index in [0.717, 1.165) is 19.3 Å². The number of unbranched alkanes of at least 4 members (excludes halogenated alkanes) is 1. The van der Waals surface area contributed by atoms with E-state index in [2.05, 4.69) is 6.92 Å². The van der Waals surface area contributed by atoms with Crippen LogP contribution in [0.25, 0.3) is 0 Å². The van der Waals surface area contributed by atoms with Gasteiger partial charge in [0.05, 0.1) is 18.6 Å². The highest BCUT2D eigenvalue weighted by Crippen LogP contribution is 2.42. The summed E-state index contributed by atoms with van der Waals surface area (Å²) in [4.78, 5) is 11.3. The van der Waals surface area contributed by atoms with Gasteiger partial charge in [0.15, 0.2) is 0 Å². The second-order valence-electron chi connectivity index (χ2n) is 6.27. The third-order valence-corrected chi connectivity index (χ3v) is 4.70. The number of rotatable bonds is 6. The molecule has 1 unspecified atom stereocenters. The van der Waals surface area contributed by atoms with Crippen molar-refractivity contribution in [1.82, 2.24) is 0 Å². The normalized spacial score (nSPS) is 36.1. The largest absolute Gasteiger partial charge is 0.462 e. The molecule has 1 heterocycles. The van der Waals surface area contributed by atoms with Crippen LogP contribution in [0.2, 0.25) is 0 Å². The third kappa shape index (κ3) is 3.41. The van der Waals surface area contributed by atoms with Crippen molar-refractivity contribution in [3.05, 3.63) is 12.2 Å². The van der Waals surface area contributed by atoms with Crippen molar-refractivity contribution >= 4 is 5.97 Å². The molecule has 4 heteroatoms. The summed E-state index contributed by atoms with van der Waals surface area (Å²) in [5.41, 5.74) is 0. The first-order valence-corrected chi connectivity index (χ1v) is 7.76. The Kier molecular flexibility index (Phi) is 5.22. The predicted molar refractivity (Wildman–Crippen MR) is 75.9 cm³/mol. The van der Waals surface area contributed by atoms with Gasteiger partial charge in [-0.05, 0) is 12.3 Å². The zero-order chi connectivity index (χ0) is 14.7. The van der Waals surface area contributed by atoms with Crippen LogP contribution in [0.4, 0.5) is 0 Å². The van der Waals surface area contributed by atoms with Crippen LogP contribution in [0.15, 0.2) is 12.2 Å². The summed E-state index contributed by atoms with van der Waals surface area (Å²) in [6.45, 7) is 4.18. The fraction of sp³-hybridized carbons (Fsp3) is 0.812. The van der Waals surface area contributed by atoms with Crippen molar-refractivity contribution in [2.24, 2.45) is 17.8 Å². The van der Waals surface area contributed by atoms with Crippen molar-refractivity contribution in [3.63, 3.8) is 0 Å². The lowest BCUT2D eigenvalue weighted by Gasteiger charge is -2.18. The Bertz CT molecular complexity index is 365. The fourth-order valence-corrected chi connectivity index (χ4v) is 3.32. The number of esters is 1. The Morgan fingerprint density at radius 1 is 1.50 bits per heavy atom. The van der Waals surface area contributed by atoms with E-state index in [-0.39, 0.29) is 29.8 Å². The highest BCUT2D eigenvalue weighted by molar-refractivity contribution is 5.72. The highest BCUT2D eigenvalue weighted by Gasteiger charge is 2.48.